The molecule has 14 heteroatoms. The van der Waals surface area contributed by atoms with Gasteiger partial charge in [-0.3, -0.25) is 24.6 Å². The molecule has 4 amide bonds. The molecule has 4 N–H and O–H groups in total. The van der Waals surface area contributed by atoms with Gasteiger partial charge in [0.1, 0.15) is 22.8 Å². The first-order chi connectivity index (χ1) is 27.9. The second-order valence-electron chi connectivity index (χ2n) is 15.0. The first-order valence-corrected chi connectivity index (χ1v) is 19.2. The van der Waals surface area contributed by atoms with Crippen molar-refractivity contribution in [3.05, 3.63) is 135 Å². The number of allylic oxidation sites excluding steroid dienone is 2. The molecule has 58 heavy (non-hydrogen) atoms. The highest BCUT2D eigenvalue weighted by Gasteiger charge is 2.71. The van der Waals surface area contributed by atoms with Crippen LogP contribution < -0.4 is 15.1 Å². The van der Waals surface area contributed by atoms with Crippen LogP contribution in [0.5, 0.6) is 17.2 Å². The van der Waals surface area contributed by atoms with E-state index >= 15 is 9.59 Å². The average molecular weight is 819 g/mol. The van der Waals surface area contributed by atoms with E-state index in [0.717, 1.165) is 27.4 Å². The van der Waals surface area contributed by atoms with E-state index in [1.165, 1.54) is 19.2 Å². The molecule has 292 valence electrons. The first kappa shape index (κ1) is 37.2. The van der Waals surface area contributed by atoms with Crippen LogP contribution in [0.4, 0.5) is 11.4 Å². The predicted molar refractivity (Wildman–Crippen MR) is 214 cm³/mol. The normalized spacial score (nSPS) is 25.0. The number of carboxylic acid groups (broad SMARTS) is 1. The summed E-state index contributed by atoms with van der Waals surface area (Å²) in [5.41, 5.74) is 2.55. The maximum Gasteiger partial charge on any atom is 0.339 e. The summed E-state index contributed by atoms with van der Waals surface area (Å²) in [5, 5.41) is 34.8. The monoisotopic (exact) mass is 817 g/mol. The van der Waals surface area contributed by atoms with Gasteiger partial charge in [0.15, 0.2) is 0 Å². The third-order valence-corrected chi connectivity index (χ3v) is 12.8. The molecular weight excluding hydrogens is 785 g/mol. The van der Waals surface area contributed by atoms with Gasteiger partial charge in [-0.05, 0) is 83.6 Å². The molecule has 0 radical (unpaired) electrons. The number of hydrogen-bond acceptors (Lipinski definition) is 9. The molecule has 6 atom stereocenters. The number of carbonyl (C=O) groups is 5. The van der Waals surface area contributed by atoms with Gasteiger partial charge in [-0.15, -0.1) is 0 Å². The molecule has 12 nitrogen and oxygen atoms in total. The highest BCUT2D eigenvalue weighted by molar-refractivity contribution is 6.36. The van der Waals surface area contributed by atoms with Gasteiger partial charge >= 0.3 is 5.97 Å². The number of anilines is 2. The molecule has 0 aromatic heterocycles. The second-order valence-corrected chi connectivity index (χ2v) is 15.8. The van der Waals surface area contributed by atoms with Crippen molar-refractivity contribution in [2.75, 3.05) is 17.4 Å². The number of halogens is 2. The molecule has 0 spiro atoms. The molecule has 2 heterocycles. The summed E-state index contributed by atoms with van der Waals surface area (Å²) in [6.45, 7) is 0. The lowest BCUT2D eigenvalue weighted by Crippen LogP contribution is -2.53. The van der Waals surface area contributed by atoms with Gasteiger partial charge in [-0.1, -0.05) is 77.3 Å². The van der Waals surface area contributed by atoms with Gasteiger partial charge in [0.2, 0.25) is 11.8 Å². The van der Waals surface area contributed by atoms with Crippen LogP contribution in [0.15, 0.2) is 109 Å². The largest absolute Gasteiger partial charge is 0.508 e. The van der Waals surface area contributed by atoms with Gasteiger partial charge in [-0.2, -0.15) is 5.01 Å². The maximum atomic E-state index is 15.6. The van der Waals surface area contributed by atoms with Crippen molar-refractivity contribution in [2.45, 2.75) is 24.2 Å². The zero-order valence-corrected chi connectivity index (χ0v) is 32.1. The Labute approximate surface area is 340 Å². The quantitative estimate of drug-likeness (QED) is 0.0954. The van der Waals surface area contributed by atoms with Crippen LogP contribution >= 0.6 is 23.2 Å². The fourth-order valence-corrected chi connectivity index (χ4v) is 10.3. The fraction of sp³-hybridized carbons (Fsp3) is 0.205. The van der Waals surface area contributed by atoms with E-state index in [2.05, 4.69) is 5.43 Å². The van der Waals surface area contributed by atoms with Crippen molar-refractivity contribution in [1.82, 2.24) is 5.01 Å². The van der Waals surface area contributed by atoms with E-state index in [1.54, 1.807) is 48.5 Å². The number of benzene rings is 5. The molecule has 2 saturated heterocycles. The van der Waals surface area contributed by atoms with E-state index in [1.807, 2.05) is 30.3 Å². The Morgan fingerprint density at radius 3 is 2.31 bits per heavy atom. The number of imide groups is 2. The number of carbonyl (C=O) groups excluding carboxylic acids is 4. The Kier molecular flexibility index (Phi) is 8.75. The predicted octanol–water partition coefficient (Wildman–Crippen LogP) is 7.45. The summed E-state index contributed by atoms with van der Waals surface area (Å²) in [6.07, 6.45) is 1.92. The molecule has 2 aliphatic heterocycles. The Hall–Kier alpha value is -6.37. The lowest BCUT2D eigenvalue weighted by Gasteiger charge is -2.51. The van der Waals surface area contributed by atoms with Crippen molar-refractivity contribution in [2.24, 2.45) is 23.7 Å². The summed E-state index contributed by atoms with van der Waals surface area (Å²) in [5.74, 6) is -8.82. The molecule has 4 aliphatic rings. The number of ether oxygens (including phenoxy) is 1. The number of methoxy groups -OCH3 is 1. The number of hydrogen-bond donors (Lipinski definition) is 4. The summed E-state index contributed by atoms with van der Waals surface area (Å²) in [4.78, 5) is 72.3. The molecule has 2 aliphatic carbocycles. The Morgan fingerprint density at radius 1 is 0.845 bits per heavy atom. The van der Waals surface area contributed by atoms with E-state index in [4.69, 9.17) is 27.9 Å². The van der Waals surface area contributed by atoms with E-state index in [9.17, 15) is 29.7 Å². The van der Waals surface area contributed by atoms with Crippen LogP contribution in [0.1, 0.15) is 40.2 Å². The fourth-order valence-electron chi connectivity index (χ4n) is 9.84. The van der Waals surface area contributed by atoms with Crippen LogP contribution in [0, 0.1) is 23.7 Å². The SMILES string of the molecule is COc1ccc([C@@]23C(=O)N(Nc4ccc(Cl)cc4Cl)C(=O)[C@@H]2C[C@@H]2C(=CC[C@@H]4C(=O)N(c5ccc(C(=O)O)c(O)c5)C(=O)[C@@H]42)[C@@H]3c2c(O)ccc3ccccc23)cc1. The minimum atomic E-state index is -1.71. The number of amides is 4. The molecule has 5 aromatic rings. The molecule has 3 fully saturated rings. The van der Waals surface area contributed by atoms with Crippen molar-refractivity contribution in [3.63, 3.8) is 0 Å². The smallest absolute Gasteiger partial charge is 0.339 e. The number of aromatic hydroxyl groups is 2. The van der Waals surface area contributed by atoms with Crippen LogP contribution in [0.25, 0.3) is 10.8 Å². The first-order valence-electron chi connectivity index (χ1n) is 18.5. The highest BCUT2D eigenvalue weighted by Crippen LogP contribution is 2.65. The molecular formula is C44H33Cl2N3O9. The average Bonchev–Trinajstić information content (AvgIpc) is 3.59. The maximum absolute atomic E-state index is 15.6. The minimum Gasteiger partial charge on any atom is -0.508 e. The highest BCUT2D eigenvalue weighted by atomic mass is 35.5. The number of nitrogens with zero attached hydrogens (tertiary/aromatic N) is 2. The Balaban J connectivity index is 1.27. The zero-order chi connectivity index (χ0) is 40.8. The van der Waals surface area contributed by atoms with Crippen LogP contribution in [0.2, 0.25) is 10.0 Å². The third kappa shape index (κ3) is 5.31. The van der Waals surface area contributed by atoms with Gasteiger partial charge in [0, 0.05) is 22.6 Å². The number of aromatic carboxylic acids is 1. The van der Waals surface area contributed by atoms with Crippen molar-refractivity contribution >= 4 is 74.9 Å². The van der Waals surface area contributed by atoms with Gasteiger partial charge in [-0.25, -0.2) is 9.69 Å². The molecule has 9 rings (SSSR count). The summed E-state index contributed by atoms with van der Waals surface area (Å²) >= 11 is 12.8. The third-order valence-electron chi connectivity index (χ3n) is 12.3. The summed E-state index contributed by atoms with van der Waals surface area (Å²) in [6, 6.07) is 25.6. The van der Waals surface area contributed by atoms with Crippen molar-refractivity contribution in [3.8, 4) is 17.2 Å². The number of nitrogens with one attached hydrogen (secondary N) is 1. The number of phenolic OH excluding ortho intramolecular Hbond substituents is 1. The number of phenols is 2. The van der Waals surface area contributed by atoms with Crippen LogP contribution in [-0.4, -0.2) is 57.0 Å². The zero-order valence-electron chi connectivity index (χ0n) is 30.6. The Bertz CT molecular complexity index is 2670. The van der Waals surface area contributed by atoms with Crippen LogP contribution in [-0.2, 0) is 24.6 Å². The van der Waals surface area contributed by atoms with Gasteiger partial charge < -0.3 is 20.1 Å². The van der Waals surface area contributed by atoms with Gasteiger partial charge in [0.25, 0.3) is 11.8 Å². The lowest BCUT2D eigenvalue weighted by atomic mass is 9.48. The number of carboxylic acids is 1. The molecule has 0 bridgehead atoms. The number of hydrazine groups is 1. The summed E-state index contributed by atoms with van der Waals surface area (Å²) in [7, 11) is 1.51. The topological polar surface area (TPSA) is 174 Å². The van der Waals surface area contributed by atoms with E-state index < -0.39 is 75.9 Å². The number of rotatable bonds is 7. The van der Waals surface area contributed by atoms with Crippen LogP contribution in [0.3, 0.4) is 0 Å². The van der Waals surface area contributed by atoms with E-state index in [-0.39, 0.29) is 35.0 Å². The molecule has 0 unspecified atom stereocenters. The Morgan fingerprint density at radius 2 is 1.60 bits per heavy atom. The van der Waals surface area contributed by atoms with E-state index in [0.29, 0.717) is 32.9 Å². The standard InChI is InChI=1S/C44H33Cl2N3O9/c1-58-25-11-7-22(8-12-25)44-31(40(53)49(43(44)57)47-33-16-9-23(45)18-32(33)46)20-30-27(38(44)37-26-5-3-2-4-21(26)6-17-34(37)50)14-15-29-36(30)41(54)48(39(29)52)24-10-13-28(42(55)56)35(51)19-24/h2-14,16-19,29-31,36,38,47,50-51H,15,20H2,1H3,(H,55,56)/t29-,30+,31-,36-,38+,44+/m0/s1. The lowest BCUT2D eigenvalue weighted by molar-refractivity contribution is -0.138. The molecule has 1 saturated carbocycles. The van der Waals surface area contributed by atoms with Crippen molar-refractivity contribution < 1.29 is 44.0 Å². The number of fused-ring (bicyclic) bond motifs is 5. The minimum absolute atomic E-state index is 0.00225. The van der Waals surface area contributed by atoms with Crippen molar-refractivity contribution in [1.29, 1.82) is 0 Å². The second kappa shape index (κ2) is 13.6. The van der Waals surface area contributed by atoms with Gasteiger partial charge in [0.05, 0.1) is 46.7 Å². The molecule has 5 aromatic carbocycles. The summed E-state index contributed by atoms with van der Waals surface area (Å²) < 4.78 is 5.48.